The Labute approximate surface area is 171 Å². The van der Waals surface area contributed by atoms with Crippen LogP contribution in [0.3, 0.4) is 0 Å². The quantitative estimate of drug-likeness (QED) is 0.588. The SMILES string of the molecule is Cc1ccc(C)c(OCc2nnc(S[C@H](C)C(=O)Nc3nnc(C)s3)n2C)c1. The molecule has 0 radical (unpaired) electrons. The molecule has 1 atom stereocenters. The zero-order valence-electron chi connectivity index (χ0n) is 16.4. The Morgan fingerprint density at radius 3 is 2.75 bits per heavy atom. The van der Waals surface area contributed by atoms with E-state index < -0.39 is 0 Å². The van der Waals surface area contributed by atoms with Crippen molar-refractivity contribution in [3.8, 4) is 5.75 Å². The summed E-state index contributed by atoms with van der Waals surface area (Å²) in [6.45, 7) is 7.99. The van der Waals surface area contributed by atoms with Gasteiger partial charge in [0.1, 0.15) is 17.4 Å². The van der Waals surface area contributed by atoms with Gasteiger partial charge < -0.3 is 9.30 Å². The summed E-state index contributed by atoms with van der Waals surface area (Å²) < 4.78 is 7.75. The van der Waals surface area contributed by atoms with Crippen molar-refractivity contribution >= 4 is 34.1 Å². The first-order valence-corrected chi connectivity index (χ1v) is 10.4. The van der Waals surface area contributed by atoms with Crippen LogP contribution in [0.4, 0.5) is 5.13 Å². The molecule has 0 bridgehead atoms. The summed E-state index contributed by atoms with van der Waals surface area (Å²) in [5, 5.41) is 20.6. The van der Waals surface area contributed by atoms with Crippen molar-refractivity contribution in [2.24, 2.45) is 7.05 Å². The standard InChI is InChI=1S/C18H22N6O2S2/c1-10-6-7-11(2)14(8-10)26-9-15-21-23-18(24(15)5)27-12(3)16(25)19-17-22-20-13(4)28-17/h6-8,12H,9H2,1-5H3,(H,19,22,25)/t12-/m1/s1. The van der Waals surface area contributed by atoms with Crippen molar-refractivity contribution in [3.63, 3.8) is 0 Å². The van der Waals surface area contributed by atoms with Crippen LogP contribution in [0.5, 0.6) is 5.75 Å². The smallest absolute Gasteiger partial charge is 0.239 e. The second-order valence-corrected chi connectivity index (χ2v) is 8.88. The molecule has 10 heteroatoms. The van der Waals surface area contributed by atoms with Crippen molar-refractivity contribution in [1.82, 2.24) is 25.0 Å². The Morgan fingerprint density at radius 2 is 2.04 bits per heavy atom. The Kier molecular flexibility index (Phi) is 6.30. The van der Waals surface area contributed by atoms with Crippen LogP contribution in [-0.2, 0) is 18.4 Å². The number of nitrogens with one attached hydrogen (secondary N) is 1. The highest BCUT2D eigenvalue weighted by molar-refractivity contribution is 8.00. The number of hydrogen-bond donors (Lipinski definition) is 1. The highest BCUT2D eigenvalue weighted by Crippen LogP contribution is 2.24. The van der Waals surface area contributed by atoms with E-state index in [0.717, 1.165) is 21.9 Å². The average Bonchev–Trinajstić information content (AvgIpc) is 3.21. The van der Waals surface area contributed by atoms with Gasteiger partial charge in [-0.15, -0.1) is 20.4 Å². The highest BCUT2D eigenvalue weighted by atomic mass is 32.2. The molecule has 0 saturated carbocycles. The van der Waals surface area contributed by atoms with Gasteiger partial charge in [-0.1, -0.05) is 35.2 Å². The summed E-state index contributed by atoms with van der Waals surface area (Å²) in [5.41, 5.74) is 2.21. The molecule has 28 heavy (non-hydrogen) atoms. The Bertz CT molecular complexity index is 984. The second-order valence-electron chi connectivity index (χ2n) is 6.39. The zero-order chi connectivity index (χ0) is 20.3. The molecule has 0 aliphatic heterocycles. The van der Waals surface area contributed by atoms with Gasteiger partial charge in [0.15, 0.2) is 11.0 Å². The fourth-order valence-electron chi connectivity index (χ4n) is 2.34. The van der Waals surface area contributed by atoms with Crippen molar-refractivity contribution in [2.75, 3.05) is 5.32 Å². The van der Waals surface area contributed by atoms with Crippen molar-refractivity contribution in [1.29, 1.82) is 0 Å². The van der Waals surface area contributed by atoms with Gasteiger partial charge in [0.05, 0.1) is 5.25 Å². The first kappa shape index (κ1) is 20.3. The van der Waals surface area contributed by atoms with E-state index in [1.165, 1.54) is 23.1 Å². The van der Waals surface area contributed by atoms with Crippen LogP contribution < -0.4 is 10.1 Å². The van der Waals surface area contributed by atoms with Crippen LogP contribution in [0.15, 0.2) is 23.4 Å². The normalized spacial score (nSPS) is 12.0. The number of thioether (sulfide) groups is 1. The molecular weight excluding hydrogens is 396 g/mol. The van der Waals surface area contributed by atoms with Crippen LogP contribution in [0.1, 0.15) is 28.9 Å². The number of carbonyl (C=O) groups excluding carboxylic acids is 1. The molecule has 148 valence electrons. The molecule has 0 unspecified atom stereocenters. The monoisotopic (exact) mass is 418 g/mol. The van der Waals surface area contributed by atoms with E-state index in [0.29, 0.717) is 22.7 Å². The van der Waals surface area contributed by atoms with Crippen LogP contribution in [0, 0.1) is 20.8 Å². The van der Waals surface area contributed by atoms with Gasteiger partial charge in [-0.25, -0.2) is 0 Å². The van der Waals surface area contributed by atoms with Crippen molar-refractivity contribution < 1.29 is 9.53 Å². The van der Waals surface area contributed by atoms with Gasteiger partial charge in [0.25, 0.3) is 0 Å². The number of carbonyl (C=O) groups is 1. The topological polar surface area (TPSA) is 94.8 Å². The third-order valence-corrected chi connectivity index (χ3v) is 5.92. The Balaban J connectivity index is 1.60. The fourth-order valence-corrected chi connectivity index (χ4v) is 3.77. The first-order chi connectivity index (χ1) is 13.3. The highest BCUT2D eigenvalue weighted by Gasteiger charge is 2.20. The van der Waals surface area contributed by atoms with E-state index in [1.54, 1.807) is 0 Å². The van der Waals surface area contributed by atoms with E-state index >= 15 is 0 Å². The molecule has 8 nitrogen and oxygen atoms in total. The molecule has 1 amide bonds. The largest absolute Gasteiger partial charge is 0.485 e. The molecule has 2 aromatic heterocycles. The summed E-state index contributed by atoms with van der Waals surface area (Å²) in [4.78, 5) is 12.3. The Hall–Kier alpha value is -2.46. The maximum absolute atomic E-state index is 12.3. The molecule has 2 heterocycles. The third-order valence-electron chi connectivity index (χ3n) is 4.03. The lowest BCUT2D eigenvalue weighted by Crippen LogP contribution is -2.22. The van der Waals surface area contributed by atoms with Gasteiger partial charge in [0.2, 0.25) is 11.0 Å². The number of nitrogens with zero attached hydrogens (tertiary/aromatic N) is 5. The summed E-state index contributed by atoms with van der Waals surface area (Å²) in [6.07, 6.45) is 0. The molecule has 0 aliphatic carbocycles. The van der Waals surface area contributed by atoms with Gasteiger partial charge in [0, 0.05) is 7.05 Å². The predicted octanol–water partition coefficient (Wildman–Crippen LogP) is 3.29. The van der Waals surface area contributed by atoms with Gasteiger partial charge in [-0.05, 0) is 44.9 Å². The molecular formula is C18H22N6O2S2. The maximum atomic E-state index is 12.3. The number of anilines is 1. The van der Waals surface area contributed by atoms with Crippen molar-refractivity contribution in [3.05, 3.63) is 40.2 Å². The first-order valence-electron chi connectivity index (χ1n) is 8.69. The summed E-state index contributed by atoms with van der Waals surface area (Å²) in [7, 11) is 1.86. The van der Waals surface area contributed by atoms with Gasteiger partial charge >= 0.3 is 0 Å². The van der Waals surface area contributed by atoms with Gasteiger partial charge in [-0.2, -0.15) is 0 Å². The number of benzene rings is 1. The summed E-state index contributed by atoms with van der Waals surface area (Å²) in [5.74, 6) is 1.37. The van der Waals surface area contributed by atoms with E-state index in [9.17, 15) is 4.79 Å². The van der Waals surface area contributed by atoms with Crippen LogP contribution in [-0.4, -0.2) is 36.1 Å². The lowest BCUT2D eigenvalue weighted by Gasteiger charge is -2.11. The number of hydrogen-bond acceptors (Lipinski definition) is 8. The summed E-state index contributed by atoms with van der Waals surface area (Å²) in [6, 6.07) is 6.08. The van der Waals surface area contributed by atoms with Crippen molar-refractivity contribution in [2.45, 2.75) is 44.7 Å². The number of ether oxygens (including phenoxy) is 1. The molecule has 3 rings (SSSR count). The maximum Gasteiger partial charge on any atom is 0.239 e. The van der Waals surface area contributed by atoms with Gasteiger partial charge in [-0.3, -0.25) is 10.1 Å². The van der Waals surface area contributed by atoms with E-state index in [1.807, 2.05) is 51.4 Å². The minimum atomic E-state index is -0.361. The molecule has 1 N–H and O–H groups in total. The van der Waals surface area contributed by atoms with E-state index in [4.69, 9.17) is 4.74 Å². The van der Waals surface area contributed by atoms with E-state index in [2.05, 4.69) is 31.8 Å². The minimum Gasteiger partial charge on any atom is -0.485 e. The number of amides is 1. The number of aromatic nitrogens is 5. The van der Waals surface area contributed by atoms with Crippen LogP contribution in [0.25, 0.3) is 0 Å². The molecule has 0 saturated heterocycles. The number of aryl methyl sites for hydroxylation is 3. The van der Waals surface area contributed by atoms with Crippen LogP contribution >= 0.6 is 23.1 Å². The summed E-state index contributed by atoms with van der Waals surface area (Å²) >= 11 is 2.67. The minimum absolute atomic E-state index is 0.155. The second kappa shape index (κ2) is 8.70. The predicted molar refractivity (Wildman–Crippen MR) is 110 cm³/mol. The lowest BCUT2D eigenvalue weighted by molar-refractivity contribution is -0.115. The Morgan fingerprint density at radius 1 is 1.25 bits per heavy atom. The number of rotatable bonds is 7. The molecule has 3 aromatic rings. The van der Waals surface area contributed by atoms with Crippen LogP contribution in [0.2, 0.25) is 0 Å². The zero-order valence-corrected chi connectivity index (χ0v) is 18.0. The van der Waals surface area contributed by atoms with E-state index in [-0.39, 0.29) is 11.2 Å². The fraction of sp³-hybridized carbons (Fsp3) is 0.389. The third kappa shape index (κ3) is 4.87. The average molecular weight is 419 g/mol. The molecule has 0 fully saturated rings. The molecule has 1 aromatic carbocycles. The lowest BCUT2D eigenvalue weighted by atomic mass is 10.1. The molecule has 0 aliphatic rings. The molecule has 0 spiro atoms.